The Labute approximate surface area is 143 Å². The lowest BCUT2D eigenvalue weighted by Crippen LogP contribution is -2.15. The van der Waals surface area contributed by atoms with Crippen molar-refractivity contribution < 1.29 is 22.7 Å². The first-order valence-corrected chi connectivity index (χ1v) is 7.48. The standard InChI is InChI=1S/C15H10BrClF3NO2/c16-13-11(15(18,19)20)6-10(7-12(13)17)21-14(22)23-8-9-4-2-1-3-5-9/h1-7H,8H2,(H,21,22). The van der Waals surface area contributed by atoms with E-state index in [0.29, 0.717) is 0 Å². The molecule has 2 rings (SSSR count). The maximum absolute atomic E-state index is 12.9. The highest BCUT2D eigenvalue weighted by Gasteiger charge is 2.34. The summed E-state index contributed by atoms with van der Waals surface area (Å²) in [6.07, 6.45) is -5.48. The van der Waals surface area contributed by atoms with Crippen molar-refractivity contribution in [1.29, 1.82) is 0 Å². The van der Waals surface area contributed by atoms with Gasteiger partial charge in [0.05, 0.1) is 10.6 Å². The van der Waals surface area contributed by atoms with Crippen LogP contribution in [-0.2, 0) is 17.5 Å². The monoisotopic (exact) mass is 407 g/mol. The van der Waals surface area contributed by atoms with Crippen molar-refractivity contribution in [3.8, 4) is 0 Å². The van der Waals surface area contributed by atoms with Crippen molar-refractivity contribution in [2.24, 2.45) is 0 Å². The second kappa shape index (κ2) is 7.23. The van der Waals surface area contributed by atoms with Gasteiger partial charge >= 0.3 is 12.3 Å². The van der Waals surface area contributed by atoms with E-state index in [1.165, 1.54) is 6.07 Å². The summed E-state index contributed by atoms with van der Waals surface area (Å²) < 4.78 is 43.3. The van der Waals surface area contributed by atoms with Crippen LogP contribution in [0.25, 0.3) is 0 Å². The smallest absolute Gasteiger partial charge is 0.417 e. The molecule has 0 aliphatic rings. The Balaban J connectivity index is 2.08. The molecular formula is C15H10BrClF3NO2. The van der Waals surface area contributed by atoms with Gasteiger partial charge in [0.1, 0.15) is 6.61 Å². The quantitative estimate of drug-likeness (QED) is 0.690. The summed E-state index contributed by atoms with van der Waals surface area (Å²) in [4.78, 5) is 11.7. The third kappa shape index (κ3) is 4.87. The van der Waals surface area contributed by atoms with Gasteiger partial charge in [-0.25, -0.2) is 4.79 Å². The topological polar surface area (TPSA) is 38.3 Å². The van der Waals surface area contributed by atoms with Gasteiger partial charge in [-0.1, -0.05) is 41.9 Å². The number of carbonyl (C=O) groups excluding carboxylic acids is 1. The van der Waals surface area contributed by atoms with Gasteiger partial charge in [-0.2, -0.15) is 13.2 Å². The van der Waals surface area contributed by atoms with E-state index in [1.807, 2.05) is 6.07 Å². The summed E-state index contributed by atoms with van der Waals surface area (Å²) in [5.41, 5.74) is -0.334. The fourth-order valence-electron chi connectivity index (χ4n) is 1.74. The van der Waals surface area contributed by atoms with Gasteiger partial charge in [0.15, 0.2) is 0 Å². The molecule has 0 aliphatic carbocycles. The molecule has 0 saturated carbocycles. The van der Waals surface area contributed by atoms with Gasteiger partial charge in [0, 0.05) is 10.2 Å². The molecule has 1 N–H and O–H groups in total. The molecule has 23 heavy (non-hydrogen) atoms. The van der Waals surface area contributed by atoms with Crippen LogP contribution in [0.4, 0.5) is 23.7 Å². The Morgan fingerprint density at radius 3 is 2.48 bits per heavy atom. The van der Waals surface area contributed by atoms with E-state index in [4.69, 9.17) is 16.3 Å². The molecule has 122 valence electrons. The predicted molar refractivity (Wildman–Crippen MR) is 84.4 cm³/mol. The van der Waals surface area contributed by atoms with Crippen LogP contribution in [0.2, 0.25) is 5.02 Å². The fraction of sp³-hybridized carbons (Fsp3) is 0.133. The average molecular weight is 409 g/mol. The van der Waals surface area contributed by atoms with E-state index < -0.39 is 17.8 Å². The van der Waals surface area contributed by atoms with Crippen molar-refractivity contribution >= 4 is 39.3 Å². The van der Waals surface area contributed by atoms with Crippen LogP contribution in [0.1, 0.15) is 11.1 Å². The van der Waals surface area contributed by atoms with Crippen molar-refractivity contribution in [2.45, 2.75) is 12.8 Å². The zero-order valence-electron chi connectivity index (χ0n) is 11.5. The van der Waals surface area contributed by atoms with Crippen molar-refractivity contribution in [3.63, 3.8) is 0 Å². The molecule has 0 bridgehead atoms. The molecule has 0 fully saturated rings. The Bertz CT molecular complexity index is 708. The van der Waals surface area contributed by atoms with Crippen molar-refractivity contribution in [3.05, 3.63) is 63.1 Å². The number of ether oxygens (including phenoxy) is 1. The molecular weight excluding hydrogens is 399 g/mol. The first-order chi connectivity index (χ1) is 10.8. The zero-order valence-corrected chi connectivity index (χ0v) is 13.8. The van der Waals surface area contributed by atoms with Crippen LogP contribution in [0, 0.1) is 0 Å². The minimum absolute atomic E-state index is 0.00304. The highest BCUT2D eigenvalue weighted by atomic mass is 79.9. The fourth-order valence-corrected chi connectivity index (χ4v) is 2.42. The van der Waals surface area contributed by atoms with E-state index in [0.717, 1.165) is 11.6 Å². The minimum atomic E-state index is -4.60. The van der Waals surface area contributed by atoms with Gasteiger partial charge in [-0.3, -0.25) is 5.32 Å². The third-order valence-corrected chi connectivity index (χ3v) is 4.17. The predicted octanol–water partition coefficient (Wildman–Crippen LogP) is 5.87. The molecule has 0 saturated heterocycles. The van der Waals surface area contributed by atoms with Crippen molar-refractivity contribution in [1.82, 2.24) is 0 Å². The molecule has 0 aromatic heterocycles. The van der Waals surface area contributed by atoms with Crippen LogP contribution < -0.4 is 5.32 Å². The molecule has 3 nitrogen and oxygen atoms in total. The number of hydrogen-bond acceptors (Lipinski definition) is 2. The van der Waals surface area contributed by atoms with Gasteiger partial charge < -0.3 is 4.74 Å². The summed E-state index contributed by atoms with van der Waals surface area (Å²) in [5, 5.41) is 2.06. The summed E-state index contributed by atoms with van der Waals surface area (Å²) in [5.74, 6) is 0. The van der Waals surface area contributed by atoms with E-state index >= 15 is 0 Å². The van der Waals surface area contributed by atoms with Crippen LogP contribution in [0.3, 0.4) is 0 Å². The Hall–Kier alpha value is -1.73. The minimum Gasteiger partial charge on any atom is -0.444 e. The molecule has 0 radical (unpaired) electrons. The number of carbonyl (C=O) groups is 1. The van der Waals surface area contributed by atoms with Crippen LogP contribution >= 0.6 is 27.5 Å². The number of hydrogen-bond donors (Lipinski definition) is 1. The summed E-state index contributed by atoms with van der Waals surface area (Å²) >= 11 is 8.52. The number of rotatable bonds is 3. The van der Waals surface area contributed by atoms with Crippen LogP contribution in [0.5, 0.6) is 0 Å². The van der Waals surface area contributed by atoms with E-state index in [2.05, 4.69) is 21.2 Å². The largest absolute Gasteiger partial charge is 0.444 e. The molecule has 8 heteroatoms. The summed E-state index contributed by atoms with van der Waals surface area (Å²) in [6.45, 7) is 0.00304. The first-order valence-electron chi connectivity index (χ1n) is 6.31. The number of nitrogens with one attached hydrogen (secondary N) is 1. The maximum Gasteiger partial charge on any atom is 0.417 e. The van der Waals surface area contributed by atoms with E-state index in [1.54, 1.807) is 24.3 Å². The lowest BCUT2D eigenvalue weighted by atomic mass is 10.2. The highest BCUT2D eigenvalue weighted by molar-refractivity contribution is 9.10. The Kier molecular flexibility index (Phi) is 5.54. The molecule has 2 aromatic carbocycles. The highest BCUT2D eigenvalue weighted by Crippen LogP contribution is 2.40. The van der Waals surface area contributed by atoms with Gasteiger partial charge in [-0.05, 0) is 33.6 Å². The number of alkyl halides is 3. The van der Waals surface area contributed by atoms with Gasteiger partial charge in [0.2, 0.25) is 0 Å². The number of anilines is 1. The average Bonchev–Trinajstić information content (AvgIpc) is 2.48. The Morgan fingerprint density at radius 2 is 1.87 bits per heavy atom. The molecule has 1 amide bonds. The molecule has 2 aromatic rings. The number of benzene rings is 2. The number of amides is 1. The summed E-state index contributed by atoms with van der Waals surface area (Å²) in [6, 6.07) is 10.9. The lowest BCUT2D eigenvalue weighted by Gasteiger charge is -2.13. The second-order valence-electron chi connectivity index (χ2n) is 4.50. The SMILES string of the molecule is O=C(Nc1cc(Cl)c(Br)c(C(F)(F)F)c1)OCc1ccccc1. The van der Waals surface area contributed by atoms with Gasteiger partial charge in [-0.15, -0.1) is 0 Å². The number of halogens is 5. The maximum atomic E-state index is 12.9. The molecule has 0 aliphatic heterocycles. The van der Waals surface area contributed by atoms with Crippen molar-refractivity contribution in [2.75, 3.05) is 5.32 Å². The molecule has 0 heterocycles. The zero-order chi connectivity index (χ0) is 17.0. The van der Waals surface area contributed by atoms with E-state index in [-0.39, 0.29) is 21.8 Å². The van der Waals surface area contributed by atoms with E-state index in [9.17, 15) is 18.0 Å². The third-order valence-electron chi connectivity index (χ3n) is 2.79. The first kappa shape index (κ1) is 17.6. The van der Waals surface area contributed by atoms with Gasteiger partial charge in [0.25, 0.3) is 0 Å². The van der Waals surface area contributed by atoms with Crippen LogP contribution in [0.15, 0.2) is 46.9 Å². The molecule has 0 unspecified atom stereocenters. The molecule has 0 atom stereocenters. The second-order valence-corrected chi connectivity index (χ2v) is 5.70. The normalized spacial score (nSPS) is 11.2. The lowest BCUT2D eigenvalue weighted by molar-refractivity contribution is -0.138. The molecule has 0 spiro atoms. The Morgan fingerprint density at radius 1 is 1.22 bits per heavy atom. The van der Waals surface area contributed by atoms with Crippen LogP contribution in [-0.4, -0.2) is 6.09 Å². The summed E-state index contributed by atoms with van der Waals surface area (Å²) in [7, 11) is 0.